The number of rotatable bonds is 5. The van der Waals surface area contributed by atoms with E-state index in [-0.39, 0.29) is 16.7 Å². The topological polar surface area (TPSA) is 88.2 Å². The molecule has 0 fully saturated rings. The van der Waals surface area contributed by atoms with Crippen LogP contribution in [0.4, 0.5) is 0 Å². The van der Waals surface area contributed by atoms with E-state index in [1.54, 1.807) is 36.0 Å². The van der Waals surface area contributed by atoms with Crippen LogP contribution in [0.3, 0.4) is 0 Å². The van der Waals surface area contributed by atoms with Crippen LogP contribution in [0.5, 0.6) is 5.75 Å². The molecule has 5 rings (SSSR count). The summed E-state index contributed by atoms with van der Waals surface area (Å²) < 4.78 is 0. The molecule has 0 atom stereocenters. The number of aromatic hydroxyl groups is 1. The van der Waals surface area contributed by atoms with E-state index >= 15 is 0 Å². The third-order valence-electron chi connectivity index (χ3n) is 5.91. The molecule has 0 bridgehead atoms. The lowest BCUT2D eigenvalue weighted by Crippen LogP contribution is -2.13. The molecule has 0 saturated carbocycles. The first-order valence-electron chi connectivity index (χ1n) is 11.5. The maximum atomic E-state index is 11.3. The van der Waals surface area contributed by atoms with Gasteiger partial charge in [0.1, 0.15) is 22.5 Å². The molecule has 0 aliphatic rings. The highest BCUT2D eigenvalue weighted by molar-refractivity contribution is 7.99. The fourth-order valence-corrected chi connectivity index (χ4v) is 4.88. The van der Waals surface area contributed by atoms with Crippen LogP contribution in [-0.2, 0) is 5.41 Å². The number of hydrogen-bond donors (Lipinski definition) is 2. The van der Waals surface area contributed by atoms with Gasteiger partial charge in [0.25, 0.3) is 0 Å². The molecule has 6 nitrogen and oxygen atoms in total. The standard InChI is InChI=1S/C29H25N3O3S/c1-29(2,3)23-15-20(18-9-11-19(12-10-18)28(34)35)16-26(27(23)33)32-30-24-14-13-22(17-25(24)31-32)36-21-7-5-4-6-8-21/h4-17,33H,1-3H3,(H,34,35). The molecular formula is C29H25N3O3S. The number of phenolic OH excluding ortho intramolecular Hbond substituents is 1. The number of aromatic carboxylic acids is 1. The van der Waals surface area contributed by atoms with E-state index in [0.29, 0.717) is 5.69 Å². The first-order valence-corrected chi connectivity index (χ1v) is 12.3. The Morgan fingerprint density at radius 1 is 0.806 bits per heavy atom. The number of phenols is 1. The summed E-state index contributed by atoms with van der Waals surface area (Å²) in [5.74, 6) is -0.854. The van der Waals surface area contributed by atoms with Crippen LogP contribution in [0.25, 0.3) is 27.8 Å². The fraction of sp³-hybridized carbons (Fsp3) is 0.138. The van der Waals surface area contributed by atoms with Gasteiger partial charge in [-0.2, -0.15) is 0 Å². The summed E-state index contributed by atoms with van der Waals surface area (Å²) in [6.45, 7) is 6.09. The number of aromatic nitrogens is 3. The van der Waals surface area contributed by atoms with Crippen molar-refractivity contribution in [1.82, 2.24) is 15.0 Å². The highest BCUT2D eigenvalue weighted by Gasteiger charge is 2.24. The molecular weight excluding hydrogens is 470 g/mol. The average molecular weight is 496 g/mol. The number of hydrogen-bond acceptors (Lipinski definition) is 5. The van der Waals surface area contributed by atoms with E-state index in [1.807, 2.05) is 69.3 Å². The Hall–Kier alpha value is -4.10. The van der Waals surface area contributed by atoms with Gasteiger partial charge >= 0.3 is 5.97 Å². The Morgan fingerprint density at radius 2 is 1.50 bits per heavy atom. The van der Waals surface area contributed by atoms with E-state index in [0.717, 1.165) is 37.5 Å². The second-order valence-electron chi connectivity index (χ2n) is 9.58. The van der Waals surface area contributed by atoms with Crippen molar-refractivity contribution in [2.45, 2.75) is 36.0 Å². The summed E-state index contributed by atoms with van der Waals surface area (Å²) in [6, 6.07) is 26.5. The zero-order valence-corrected chi connectivity index (χ0v) is 21.0. The van der Waals surface area contributed by atoms with E-state index in [2.05, 4.69) is 17.2 Å². The van der Waals surface area contributed by atoms with Gasteiger partial charge in [0.15, 0.2) is 0 Å². The van der Waals surface area contributed by atoms with Crippen molar-refractivity contribution in [2.24, 2.45) is 0 Å². The van der Waals surface area contributed by atoms with E-state index in [1.165, 1.54) is 4.80 Å². The summed E-state index contributed by atoms with van der Waals surface area (Å²) in [5, 5.41) is 29.8. The highest BCUT2D eigenvalue weighted by atomic mass is 32.2. The normalized spacial score (nSPS) is 11.6. The number of carboxylic acid groups (broad SMARTS) is 1. The van der Waals surface area contributed by atoms with Crippen LogP contribution in [-0.4, -0.2) is 31.2 Å². The van der Waals surface area contributed by atoms with E-state index in [4.69, 9.17) is 5.10 Å². The van der Waals surface area contributed by atoms with Crippen molar-refractivity contribution in [3.8, 4) is 22.6 Å². The van der Waals surface area contributed by atoms with Gasteiger partial charge in [-0.05, 0) is 71.1 Å². The SMILES string of the molecule is CC(C)(C)c1cc(-c2ccc(C(=O)O)cc2)cc(-n2nc3ccc(Sc4ccccc4)cc3n2)c1O. The predicted molar refractivity (Wildman–Crippen MR) is 142 cm³/mol. The van der Waals surface area contributed by atoms with Crippen molar-refractivity contribution in [3.63, 3.8) is 0 Å². The number of fused-ring (bicyclic) bond motifs is 1. The number of carbonyl (C=O) groups is 1. The Bertz CT molecular complexity index is 1570. The lowest BCUT2D eigenvalue weighted by Gasteiger charge is -2.23. The molecule has 36 heavy (non-hydrogen) atoms. The zero-order chi connectivity index (χ0) is 25.4. The average Bonchev–Trinajstić information content (AvgIpc) is 3.27. The summed E-state index contributed by atoms with van der Waals surface area (Å²) in [7, 11) is 0. The molecule has 0 unspecified atom stereocenters. The Kier molecular flexibility index (Phi) is 6.02. The molecule has 2 N–H and O–H groups in total. The Labute approximate surface area is 213 Å². The fourth-order valence-electron chi connectivity index (χ4n) is 4.01. The molecule has 180 valence electrons. The number of carboxylic acids is 1. The second-order valence-corrected chi connectivity index (χ2v) is 10.7. The second kappa shape index (κ2) is 9.17. The van der Waals surface area contributed by atoms with Crippen molar-refractivity contribution in [2.75, 3.05) is 0 Å². The van der Waals surface area contributed by atoms with Gasteiger partial charge in [-0.1, -0.05) is 62.9 Å². The summed E-state index contributed by atoms with van der Waals surface area (Å²) in [6.07, 6.45) is 0. The van der Waals surface area contributed by atoms with E-state index < -0.39 is 5.97 Å². The minimum Gasteiger partial charge on any atom is -0.505 e. The molecule has 7 heteroatoms. The molecule has 0 aliphatic heterocycles. The van der Waals surface area contributed by atoms with Crippen LogP contribution in [0.2, 0.25) is 0 Å². The predicted octanol–water partition coefficient (Wildman–Crippen LogP) is 6.94. The van der Waals surface area contributed by atoms with Crippen LogP contribution < -0.4 is 0 Å². The Morgan fingerprint density at radius 3 is 2.17 bits per heavy atom. The third-order valence-corrected chi connectivity index (χ3v) is 6.91. The molecule has 0 spiro atoms. The highest BCUT2D eigenvalue weighted by Crippen LogP contribution is 2.39. The third kappa shape index (κ3) is 4.70. The molecule has 1 heterocycles. The zero-order valence-electron chi connectivity index (χ0n) is 20.1. The van der Waals surface area contributed by atoms with Crippen molar-refractivity contribution in [3.05, 3.63) is 96.1 Å². The van der Waals surface area contributed by atoms with Crippen molar-refractivity contribution < 1.29 is 15.0 Å². The molecule has 4 aromatic carbocycles. The first kappa shape index (κ1) is 23.6. The largest absolute Gasteiger partial charge is 0.505 e. The van der Waals surface area contributed by atoms with Crippen LogP contribution in [0.1, 0.15) is 36.7 Å². The van der Waals surface area contributed by atoms with Crippen LogP contribution in [0, 0.1) is 0 Å². The van der Waals surface area contributed by atoms with Gasteiger partial charge in [-0.15, -0.1) is 15.0 Å². The van der Waals surface area contributed by atoms with Crippen LogP contribution in [0.15, 0.2) is 94.7 Å². The molecule has 5 aromatic rings. The quantitative estimate of drug-likeness (QED) is 0.275. The first-order chi connectivity index (χ1) is 17.2. The van der Waals surface area contributed by atoms with Gasteiger partial charge in [-0.3, -0.25) is 0 Å². The molecule has 1 aromatic heterocycles. The summed E-state index contributed by atoms with van der Waals surface area (Å²) in [5.41, 5.74) is 4.22. The van der Waals surface area contributed by atoms with Gasteiger partial charge in [-0.25, -0.2) is 4.79 Å². The minimum absolute atomic E-state index is 0.118. The van der Waals surface area contributed by atoms with Crippen molar-refractivity contribution in [1.29, 1.82) is 0 Å². The molecule has 0 saturated heterocycles. The van der Waals surface area contributed by atoms with E-state index in [9.17, 15) is 15.0 Å². The maximum absolute atomic E-state index is 11.3. The molecule has 0 amide bonds. The monoisotopic (exact) mass is 495 g/mol. The lowest BCUT2D eigenvalue weighted by molar-refractivity contribution is 0.0697. The van der Waals surface area contributed by atoms with Gasteiger partial charge in [0.2, 0.25) is 0 Å². The minimum atomic E-state index is -0.972. The van der Waals surface area contributed by atoms with Gasteiger partial charge < -0.3 is 10.2 Å². The Balaban J connectivity index is 1.59. The van der Waals surface area contributed by atoms with Crippen molar-refractivity contribution >= 4 is 28.8 Å². The summed E-state index contributed by atoms with van der Waals surface area (Å²) >= 11 is 1.65. The van der Waals surface area contributed by atoms with Crippen LogP contribution >= 0.6 is 11.8 Å². The van der Waals surface area contributed by atoms with Gasteiger partial charge in [0, 0.05) is 15.4 Å². The molecule has 0 radical (unpaired) electrons. The van der Waals surface area contributed by atoms with Gasteiger partial charge in [0.05, 0.1) is 5.56 Å². The maximum Gasteiger partial charge on any atom is 0.335 e. The number of nitrogens with zero attached hydrogens (tertiary/aromatic N) is 3. The summed E-state index contributed by atoms with van der Waals surface area (Å²) in [4.78, 5) is 14.9. The lowest BCUT2D eigenvalue weighted by atomic mass is 9.84. The molecule has 0 aliphatic carbocycles. The smallest absolute Gasteiger partial charge is 0.335 e. The number of benzene rings is 4.